The molecule has 0 fully saturated rings. The normalized spacial score (nSPS) is 11.1. The molecule has 0 bridgehead atoms. The molecule has 5 nitrogen and oxygen atoms in total. The van der Waals surface area contributed by atoms with Crippen molar-refractivity contribution < 1.29 is 13.2 Å². The second kappa shape index (κ2) is 9.11. The van der Waals surface area contributed by atoms with Gasteiger partial charge in [0.25, 0.3) is 15.9 Å². The number of hydrogen-bond acceptors (Lipinski definition) is 3. The van der Waals surface area contributed by atoms with Crippen LogP contribution in [0.4, 0.5) is 5.69 Å². The summed E-state index contributed by atoms with van der Waals surface area (Å²) in [7, 11) is -2.38. The Morgan fingerprint density at radius 1 is 0.966 bits per heavy atom. The molecule has 0 radical (unpaired) electrons. The number of rotatable bonds is 7. The van der Waals surface area contributed by atoms with Crippen molar-refractivity contribution in [2.24, 2.45) is 0 Å². The highest BCUT2D eigenvalue weighted by atomic mass is 35.5. The molecule has 0 aliphatic carbocycles. The number of nitrogens with one attached hydrogen (secondary N) is 1. The number of sulfonamides is 1. The van der Waals surface area contributed by atoms with Gasteiger partial charge >= 0.3 is 0 Å². The number of nitrogens with zero attached hydrogens (tertiary/aromatic N) is 1. The zero-order chi connectivity index (χ0) is 20.9. The lowest BCUT2D eigenvalue weighted by Crippen LogP contribution is -2.28. The standard InChI is InChI=1S/C22H21ClN2O3S/c1-25(20-11-6-10-19(23)16-20)29(27,28)21-12-5-9-18(15-21)22(26)24-14-13-17-7-3-2-4-8-17/h2-12,15-16H,13-14H2,1H3,(H,24,26). The van der Waals surface area contributed by atoms with E-state index in [9.17, 15) is 13.2 Å². The van der Waals surface area contributed by atoms with Gasteiger partial charge in [0.2, 0.25) is 0 Å². The Bertz CT molecular complexity index is 1100. The van der Waals surface area contributed by atoms with Crippen LogP contribution >= 0.6 is 11.6 Å². The highest BCUT2D eigenvalue weighted by Crippen LogP contribution is 2.25. The quantitative estimate of drug-likeness (QED) is 0.615. The van der Waals surface area contributed by atoms with E-state index in [0.717, 1.165) is 9.87 Å². The van der Waals surface area contributed by atoms with Crippen LogP contribution in [0.5, 0.6) is 0 Å². The van der Waals surface area contributed by atoms with Crippen molar-refractivity contribution in [3.8, 4) is 0 Å². The third-order valence-electron chi connectivity index (χ3n) is 4.47. The molecule has 3 aromatic rings. The van der Waals surface area contributed by atoms with Crippen LogP contribution in [-0.4, -0.2) is 27.9 Å². The van der Waals surface area contributed by atoms with E-state index < -0.39 is 10.0 Å². The number of carbonyl (C=O) groups is 1. The molecule has 0 aliphatic heterocycles. The molecule has 3 rings (SSSR count). The average Bonchev–Trinajstić information content (AvgIpc) is 2.74. The van der Waals surface area contributed by atoms with Crippen LogP contribution in [0.25, 0.3) is 0 Å². The second-order valence-electron chi connectivity index (χ2n) is 6.47. The Hall–Kier alpha value is -2.83. The third-order valence-corrected chi connectivity index (χ3v) is 6.49. The summed E-state index contributed by atoms with van der Waals surface area (Å²) < 4.78 is 27.1. The van der Waals surface area contributed by atoms with Crippen molar-refractivity contribution in [3.05, 3.63) is 95.0 Å². The van der Waals surface area contributed by atoms with Gasteiger partial charge in [-0.25, -0.2) is 8.42 Å². The minimum atomic E-state index is -3.83. The molecule has 0 saturated heterocycles. The summed E-state index contributed by atoms with van der Waals surface area (Å²) in [5.41, 5.74) is 1.85. The first-order chi connectivity index (χ1) is 13.9. The lowest BCUT2D eigenvalue weighted by Gasteiger charge is -2.20. The van der Waals surface area contributed by atoms with Gasteiger partial charge in [-0.15, -0.1) is 0 Å². The molecule has 3 aromatic carbocycles. The summed E-state index contributed by atoms with van der Waals surface area (Å²) in [6.07, 6.45) is 0.697. The third kappa shape index (κ3) is 5.16. The predicted molar refractivity (Wildman–Crippen MR) is 116 cm³/mol. The van der Waals surface area contributed by atoms with E-state index >= 15 is 0 Å². The van der Waals surface area contributed by atoms with Crippen LogP contribution in [0.3, 0.4) is 0 Å². The monoisotopic (exact) mass is 428 g/mol. The van der Waals surface area contributed by atoms with E-state index in [4.69, 9.17) is 11.6 Å². The Labute approximate surface area is 176 Å². The fourth-order valence-electron chi connectivity index (χ4n) is 2.83. The summed E-state index contributed by atoms with van der Waals surface area (Å²) in [4.78, 5) is 12.5. The Morgan fingerprint density at radius 3 is 2.41 bits per heavy atom. The van der Waals surface area contributed by atoms with Gasteiger partial charge in [0.05, 0.1) is 10.6 Å². The van der Waals surface area contributed by atoms with Crippen molar-refractivity contribution in [2.75, 3.05) is 17.9 Å². The summed E-state index contributed by atoms with van der Waals surface area (Å²) in [5.74, 6) is -0.316. The van der Waals surface area contributed by atoms with E-state index in [1.165, 1.54) is 19.2 Å². The molecular formula is C22H21ClN2O3S. The van der Waals surface area contributed by atoms with Crippen molar-refractivity contribution in [1.29, 1.82) is 0 Å². The van der Waals surface area contributed by atoms with Crippen molar-refractivity contribution in [1.82, 2.24) is 5.32 Å². The maximum atomic E-state index is 13.0. The SMILES string of the molecule is CN(c1cccc(Cl)c1)S(=O)(=O)c1cccc(C(=O)NCCc2ccccc2)c1. The van der Waals surface area contributed by atoms with Crippen LogP contribution < -0.4 is 9.62 Å². The average molecular weight is 429 g/mol. The van der Waals surface area contributed by atoms with Gasteiger partial charge in [0, 0.05) is 24.2 Å². The van der Waals surface area contributed by atoms with Crippen molar-refractivity contribution in [3.63, 3.8) is 0 Å². The smallest absolute Gasteiger partial charge is 0.264 e. The fraction of sp³-hybridized carbons (Fsp3) is 0.136. The largest absolute Gasteiger partial charge is 0.352 e. The van der Waals surface area contributed by atoms with Crippen molar-refractivity contribution in [2.45, 2.75) is 11.3 Å². The molecule has 7 heteroatoms. The van der Waals surface area contributed by atoms with E-state index in [1.807, 2.05) is 30.3 Å². The fourth-order valence-corrected chi connectivity index (χ4v) is 4.25. The zero-order valence-electron chi connectivity index (χ0n) is 15.9. The maximum absolute atomic E-state index is 13.0. The van der Waals surface area contributed by atoms with E-state index in [1.54, 1.807) is 36.4 Å². The summed E-state index contributed by atoms with van der Waals surface area (Å²) in [6.45, 7) is 0.461. The summed E-state index contributed by atoms with van der Waals surface area (Å²) in [6, 6.07) is 22.4. The number of benzene rings is 3. The van der Waals surface area contributed by atoms with Crippen LogP contribution in [0.1, 0.15) is 15.9 Å². The van der Waals surface area contributed by atoms with Gasteiger partial charge in [0.1, 0.15) is 0 Å². The number of amides is 1. The van der Waals surface area contributed by atoms with E-state index in [0.29, 0.717) is 29.2 Å². The highest BCUT2D eigenvalue weighted by Gasteiger charge is 2.22. The molecule has 0 spiro atoms. The molecule has 0 atom stereocenters. The Kier molecular flexibility index (Phi) is 6.56. The molecule has 150 valence electrons. The number of anilines is 1. The molecule has 0 saturated carbocycles. The van der Waals surface area contributed by atoms with Gasteiger partial charge in [-0.2, -0.15) is 0 Å². The number of halogens is 1. The van der Waals surface area contributed by atoms with E-state index in [2.05, 4.69) is 5.32 Å². The van der Waals surface area contributed by atoms with Crippen molar-refractivity contribution >= 4 is 33.2 Å². The molecule has 0 heterocycles. The molecule has 29 heavy (non-hydrogen) atoms. The van der Waals surface area contributed by atoms with Crippen LogP contribution in [0, 0.1) is 0 Å². The highest BCUT2D eigenvalue weighted by molar-refractivity contribution is 7.92. The van der Waals surface area contributed by atoms with Crippen LogP contribution in [0.2, 0.25) is 5.02 Å². The molecule has 0 aliphatic rings. The molecule has 0 unspecified atom stereocenters. The number of hydrogen-bond donors (Lipinski definition) is 1. The first-order valence-corrected chi connectivity index (χ1v) is 10.9. The van der Waals surface area contributed by atoms with Gasteiger partial charge in [-0.05, 0) is 48.4 Å². The van der Waals surface area contributed by atoms with Crippen LogP contribution in [-0.2, 0) is 16.4 Å². The lowest BCUT2D eigenvalue weighted by molar-refractivity contribution is 0.0954. The van der Waals surface area contributed by atoms with Gasteiger partial charge in [0.15, 0.2) is 0 Å². The van der Waals surface area contributed by atoms with Gasteiger partial charge in [-0.1, -0.05) is 54.1 Å². The minimum absolute atomic E-state index is 0.0377. The first-order valence-electron chi connectivity index (χ1n) is 9.04. The van der Waals surface area contributed by atoms with Gasteiger partial charge < -0.3 is 5.32 Å². The number of carbonyl (C=O) groups excluding carboxylic acids is 1. The topological polar surface area (TPSA) is 66.5 Å². The zero-order valence-corrected chi connectivity index (χ0v) is 17.5. The summed E-state index contributed by atoms with van der Waals surface area (Å²) >= 11 is 5.97. The molecule has 1 amide bonds. The summed E-state index contributed by atoms with van der Waals surface area (Å²) in [5, 5.41) is 3.27. The maximum Gasteiger partial charge on any atom is 0.264 e. The second-order valence-corrected chi connectivity index (χ2v) is 8.88. The van der Waals surface area contributed by atoms with Gasteiger partial charge in [-0.3, -0.25) is 9.10 Å². The van der Waals surface area contributed by atoms with Crippen LogP contribution in [0.15, 0.2) is 83.8 Å². The first kappa shape index (κ1) is 20.9. The molecule has 1 N–H and O–H groups in total. The molecule has 0 aromatic heterocycles. The van der Waals surface area contributed by atoms with E-state index in [-0.39, 0.29) is 10.8 Å². The Morgan fingerprint density at radius 2 is 1.69 bits per heavy atom. The molecular weight excluding hydrogens is 408 g/mol. The predicted octanol–water partition coefficient (Wildman–Crippen LogP) is 4.14. The minimum Gasteiger partial charge on any atom is -0.352 e. The lowest BCUT2D eigenvalue weighted by atomic mass is 10.1. The Balaban J connectivity index is 1.73.